The van der Waals surface area contributed by atoms with Gasteiger partial charge in [-0.1, -0.05) is 20.8 Å². The Hall–Kier alpha value is 0.270. The first-order valence-electron chi connectivity index (χ1n) is 5.36. The first-order chi connectivity index (χ1) is 6.61. The van der Waals surface area contributed by atoms with Gasteiger partial charge in [0.25, 0.3) is 0 Å². The van der Waals surface area contributed by atoms with Gasteiger partial charge in [0.1, 0.15) is 0 Å². The number of hydrogen-bond acceptors (Lipinski definition) is 3. The summed E-state index contributed by atoms with van der Waals surface area (Å²) < 4.78 is 5.18. The van der Waals surface area contributed by atoms with Gasteiger partial charge in [-0.2, -0.15) is 11.8 Å². The van der Waals surface area contributed by atoms with E-state index in [4.69, 9.17) is 4.74 Å². The third kappa shape index (κ3) is 6.68. The smallest absolute Gasteiger partial charge is 0.0618 e. The highest BCUT2D eigenvalue weighted by molar-refractivity contribution is 7.99. The van der Waals surface area contributed by atoms with Gasteiger partial charge in [0, 0.05) is 18.4 Å². The van der Waals surface area contributed by atoms with Crippen LogP contribution in [0.1, 0.15) is 27.2 Å². The van der Waals surface area contributed by atoms with Crippen LogP contribution in [-0.2, 0) is 4.74 Å². The van der Waals surface area contributed by atoms with Crippen molar-refractivity contribution in [2.24, 2.45) is 5.92 Å². The first kappa shape index (κ1) is 14.3. The van der Waals surface area contributed by atoms with Crippen LogP contribution in [0.5, 0.6) is 0 Å². The molecule has 0 bridgehead atoms. The fourth-order valence-corrected chi connectivity index (χ4v) is 1.61. The summed E-state index contributed by atoms with van der Waals surface area (Å²) in [5, 5.41) is 4.30. The fraction of sp³-hybridized carbons (Fsp3) is 1.00. The van der Waals surface area contributed by atoms with E-state index in [2.05, 4.69) is 32.3 Å². The summed E-state index contributed by atoms with van der Waals surface area (Å²) >= 11 is 1.93. The summed E-state index contributed by atoms with van der Waals surface area (Å²) in [6.45, 7) is 8.63. The van der Waals surface area contributed by atoms with E-state index in [1.165, 1.54) is 6.42 Å². The number of rotatable bonds is 8. The highest BCUT2D eigenvalue weighted by Gasteiger charge is 2.12. The molecule has 0 aliphatic carbocycles. The van der Waals surface area contributed by atoms with Gasteiger partial charge in [0.05, 0.1) is 6.61 Å². The fourth-order valence-electron chi connectivity index (χ4n) is 1.26. The van der Waals surface area contributed by atoms with Gasteiger partial charge in [0.15, 0.2) is 0 Å². The lowest BCUT2D eigenvalue weighted by molar-refractivity contribution is 0.147. The molecule has 2 unspecified atom stereocenters. The molecule has 14 heavy (non-hydrogen) atoms. The van der Waals surface area contributed by atoms with Crippen LogP contribution in [0, 0.1) is 5.92 Å². The second-order valence-corrected chi connectivity index (χ2v) is 5.37. The molecule has 2 nitrogen and oxygen atoms in total. The summed E-state index contributed by atoms with van der Waals surface area (Å²) in [5.41, 5.74) is 0. The normalized spacial score (nSPS) is 15.9. The van der Waals surface area contributed by atoms with E-state index in [9.17, 15) is 0 Å². The Kier molecular flexibility index (Phi) is 8.73. The Morgan fingerprint density at radius 3 is 2.36 bits per heavy atom. The molecule has 0 aliphatic rings. The van der Waals surface area contributed by atoms with Crippen molar-refractivity contribution in [3.05, 3.63) is 0 Å². The zero-order chi connectivity index (χ0) is 11.0. The molecule has 0 heterocycles. The number of hydrogen-bond donors (Lipinski definition) is 1. The van der Waals surface area contributed by atoms with Gasteiger partial charge in [0.2, 0.25) is 0 Å². The lowest BCUT2D eigenvalue weighted by Gasteiger charge is -2.22. The summed E-state index contributed by atoms with van der Waals surface area (Å²) in [5.74, 6) is 0.638. The average molecular weight is 219 g/mol. The van der Waals surface area contributed by atoms with Crippen LogP contribution in [0.2, 0.25) is 0 Å². The molecule has 3 heteroatoms. The Labute approximate surface area is 93.2 Å². The minimum atomic E-state index is 0.494. The standard InChI is InChI=1S/C11H25NOS/c1-9(2)11(8-13-4)12-7-6-10(3)14-5/h9-12H,6-8H2,1-5H3. The number of nitrogens with one attached hydrogen (secondary N) is 1. The molecule has 0 spiro atoms. The molecule has 0 aromatic rings. The van der Waals surface area contributed by atoms with Gasteiger partial charge in [-0.25, -0.2) is 0 Å². The monoisotopic (exact) mass is 219 g/mol. The second-order valence-electron chi connectivity index (χ2n) is 4.09. The van der Waals surface area contributed by atoms with E-state index >= 15 is 0 Å². The molecule has 0 saturated heterocycles. The molecule has 2 atom stereocenters. The lowest BCUT2D eigenvalue weighted by atomic mass is 10.1. The van der Waals surface area contributed by atoms with Crippen LogP contribution in [0.15, 0.2) is 0 Å². The highest BCUT2D eigenvalue weighted by Crippen LogP contribution is 2.09. The van der Waals surface area contributed by atoms with Crippen LogP contribution < -0.4 is 5.32 Å². The van der Waals surface area contributed by atoms with E-state index < -0.39 is 0 Å². The van der Waals surface area contributed by atoms with Crippen LogP contribution in [0.3, 0.4) is 0 Å². The van der Waals surface area contributed by atoms with Crippen molar-refractivity contribution in [1.82, 2.24) is 5.32 Å². The highest BCUT2D eigenvalue weighted by atomic mass is 32.2. The van der Waals surface area contributed by atoms with Crippen LogP contribution in [-0.4, -0.2) is 37.8 Å². The van der Waals surface area contributed by atoms with Crippen molar-refractivity contribution in [2.75, 3.05) is 26.5 Å². The second kappa shape index (κ2) is 8.57. The first-order valence-corrected chi connectivity index (χ1v) is 6.65. The van der Waals surface area contributed by atoms with E-state index in [0.717, 1.165) is 18.4 Å². The van der Waals surface area contributed by atoms with E-state index in [-0.39, 0.29) is 0 Å². The third-order valence-corrected chi connectivity index (χ3v) is 3.55. The van der Waals surface area contributed by atoms with Gasteiger partial charge < -0.3 is 10.1 Å². The van der Waals surface area contributed by atoms with Gasteiger partial charge >= 0.3 is 0 Å². The largest absolute Gasteiger partial charge is 0.383 e. The lowest BCUT2D eigenvalue weighted by Crippen LogP contribution is -2.38. The molecule has 0 aromatic heterocycles. The summed E-state index contributed by atoms with van der Waals surface area (Å²) in [4.78, 5) is 0. The van der Waals surface area contributed by atoms with Crippen molar-refractivity contribution < 1.29 is 4.74 Å². The molecular weight excluding hydrogens is 194 g/mol. The van der Waals surface area contributed by atoms with Crippen molar-refractivity contribution in [3.63, 3.8) is 0 Å². The molecule has 86 valence electrons. The van der Waals surface area contributed by atoms with E-state index in [1.54, 1.807) is 7.11 Å². The van der Waals surface area contributed by atoms with Gasteiger partial charge in [-0.05, 0) is 25.1 Å². The summed E-state index contributed by atoms with van der Waals surface area (Å²) in [7, 11) is 1.77. The predicted octanol–water partition coefficient (Wildman–Crippen LogP) is 2.39. The zero-order valence-electron chi connectivity index (χ0n) is 10.2. The molecule has 0 amide bonds. The molecule has 0 aliphatic heterocycles. The summed E-state index contributed by atoms with van der Waals surface area (Å²) in [6, 6.07) is 0.494. The third-order valence-electron chi connectivity index (χ3n) is 2.51. The zero-order valence-corrected chi connectivity index (χ0v) is 11.0. The molecule has 0 saturated carbocycles. The van der Waals surface area contributed by atoms with Crippen molar-refractivity contribution in [3.8, 4) is 0 Å². The molecule has 0 rings (SSSR count). The van der Waals surface area contributed by atoms with Crippen molar-refractivity contribution in [1.29, 1.82) is 0 Å². The number of methoxy groups -OCH3 is 1. The van der Waals surface area contributed by atoms with Crippen LogP contribution in [0.4, 0.5) is 0 Å². The topological polar surface area (TPSA) is 21.3 Å². The Morgan fingerprint density at radius 1 is 1.29 bits per heavy atom. The number of ether oxygens (including phenoxy) is 1. The molecular formula is C11H25NOS. The van der Waals surface area contributed by atoms with Gasteiger partial charge in [-0.3, -0.25) is 0 Å². The summed E-state index contributed by atoms with van der Waals surface area (Å²) in [6.07, 6.45) is 3.40. The molecule has 0 fully saturated rings. The quantitative estimate of drug-likeness (QED) is 0.677. The van der Waals surface area contributed by atoms with E-state index in [0.29, 0.717) is 12.0 Å². The maximum Gasteiger partial charge on any atom is 0.0618 e. The van der Waals surface area contributed by atoms with Gasteiger partial charge in [-0.15, -0.1) is 0 Å². The predicted molar refractivity (Wildman–Crippen MR) is 66.1 cm³/mol. The Bertz CT molecular complexity index is 130. The van der Waals surface area contributed by atoms with E-state index in [1.807, 2.05) is 11.8 Å². The molecule has 1 N–H and O–H groups in total. The minimum Gasteiger partial charge on any atom is -0.383 e. The maximum absolute atomic E-state index is 5.18. The van der Waals surface area contributed by atoms with Crippen LogP contribution in [0.25, 0.3) is 0 Å². The number of thioether (sulfide) groups is 1. The maximum atomic E-state index is 5.18. The SMILES string of the molecule is COCC(NCCC(C)SC)C(C)C. The molecule has 0 radical (unpaired) electrons. The van der Waals surface area contributed by atoms with Crippen molar-refractivity contribution >= 4 is 11.8 Å². The Balaban J connectivity index is 3.60. The minimum absolute atomic E-state index is 0.494. The van der Waals surface area contributed by atoms with Crippen molar-refractivity contribution in [2.45, 2.75) is 38.5 Å². The average Bonchev–Trinajstić information content (AvgIpc) is 2.16. The van der Waals surface area contributed by atoms with Crippen LogP contribution >= 0.6 is 11.8 Å². The Morgan fingerprint density at radius 2 is 1.93 bits per heavy atom. The molecule has 0 aromatic carbocycles.